The molecule has 1 N–H and O–H groups in total. The quantitative estimate of drug-likeness (QED) is 0.816. The van der Waals surface area contributed by atoms with Gasteiger partial charge in [0.05, 0.1) is 5.56 Å². The number of hydrogen-bond donors (Lipinski definition) is 1. The van der Waals surface area contributed by atoms with Crippen molar-refractivity contribution < 1.29 is 13.2 Å². The van der Waals surface area contributed by atoms with Gasteiger partial charge in [-0.25, -0.2) is 0 Å². The number of likely N-dealkylation sites (N-methyl/N-ethyl adjacent to an activating group) is 1. The molecule has 2 nitrogen and oxygen atoms in total. The maximum absolute atomic E-state index is 12.8. The lowest BCUT2D eigenvalue weighted by Crippen LogP contribution is -2.38. The van der Waals surface area contributed by atoms with E-state index in [-0.39, 0.29) is 6.04 Å². The molecule has 0 saturated heterocycles. The van der Waals surface area contributed by atoms with E-state index >= 15 is 0 Å². The van der Waals surface area contributed by atoms with Crippen LogP contribution in [-0.2, 0) is 6.18 Å². The van der Waals surface area contributed by atoms with Crippen molar-refractivity contribution >= 4 is 0 Å². The minimum atomic E-state index is -4.30. The van der Waals surface area contributed by atoms with E-state index in [1.165, 1.54) is 12.1 Å². The molecule has 0 heterocycles. The van der Waals surface area contributed by atoms with Crippen molar-refractivity contribution in [1.82, 2.24) is 10.2 Å². The van der Waals surface area contributed by atoms with E-state index in [0.29, 0.717) is 18.2 Å². The smallest absolute Gasteiger partial charge is 0.312 e. The molecule has 120 valence electrons. The molecular formula is C16H25F3N2. The SMILES string of the molecule is CCCN(CC(NC)c1cccc(C(F)(F)F)c1)C(C)C. The molecule has 0 radical (unpaired) electrons. The molecule has 5 heteroatoms. The van der Waals surface area contributed by atoms with E-state index in [2.05, 4.69) is 31.0 Å². The Bertz CT molecular complexity index is 430. The van der Waals surface area contributed by atoms with Crippen LogP contribution in [0.25, 0.3) is 0 Å². The highest BCUT2D eigenvalue weighted by molar-refractivity contribution is 5.28. The lowest BCUT2D eigenvalue weighted by atomic mass is 10.0. The standard InChI is InChI=1S/C16H25F3N2/c1-5-9-21(12(2)3)11-15(20-4)13-7-6-8-14(10-13)16(17,18)19/h6-8,10,12,15,20H,5,9,11H2,1-4H3. The minimum Gasteiger partial charge on any atom is -0.312 e. The van der Waals surface area contributed by atoms with Crippen molar-refractivity contribution in [2.24, 2.45) is 0 Å². The van der Waals surface area contributed by atoms with Crippen molar-refractivity contribution in [2.45, 2.75) is 45.5 Å². The fourth-order valence-electron chi connectivity index (χ4n) is 2.38. The zero-order valence-corrected chi connectivity index (χ0v) is 13.2. The van der Waals surface area contributed by atoms with Gasteiger partial charge in [0, 0.05) is 18.6 Å². The summed E-state index contributed by atoms with van der Waals surface area (Å²) < 4.78 is 38.4. The lowest BCUT2D eigenvalue weighted by Gasteiger charge is -2.30. The topological polar surface area (TPSA) is 15.3 Å². The molecule has 21 heavy (non-hydrogen) atoms. The number of alkyl halides is 3. The van der Waals surface area contributed by atoms with Gasteiger partial charge in [-0.3, -0.25) is 4.90 Å². The van der Waals surface area contributed by atoms with Crippen LogP contribution in [0.2, 0.25) is 0 Å². The molecule has 1 atom stereocenters. The molecule has 0 fully saturated rings. The zero-order chi connectivity index (χ0) is 16.0. The molecule has 1 unspecified atom stereocenters. The van der Waals surface area contributed by atoms with Crippen LogP contribution in [0.15, 0.2) is 24.3 Å². The third kappa shape index (κ3) is 5.32. The first-order valence-corrected chi connectivity index (χ1v) is 7.38. The molecule has 0 aliphatic heterocycles. The van der Waals surface area contributed by atoms with Gasteiger partial charge in [-0.05, 0) is 51.6 Å². The summed E-state index contributed by atoms with van der Waals surface area (Å²) >= 11 is 0. The summed E-state index contributed by atoms with van der Waals surface area (Å²) in [5, 5.41) is 3.13. The number of nitrogens with zero attached hydrogens (tertiary/aromatic N) is 1. The normalized spacial score (nSPS) is 14.0. The Morgan fingerprint density at radius 2 is 1.90 bits per heavy atom. The van der Waals surface area contributed by atoms with E-state index in [1.54, 1.807) is 13.1 Å². The second kappa shape index (κ2) is 7.80. The van der Waals surface area contributed by atoms with Gasteiger partial charge in [-0.15, -0.1) is 0 Å². The predicted octanol–water partition coefficient (Wildman–Crippen LogP) is 4.09. The van der Waals surface area contributed by atoms with Crippen LogP contribution in [-0.4, -0.2) is 31.1 Å². The highest BCUT2D eigenvalue weighted by Gasteiger charge is 2.31. The fourth-order valence-corrected chi connectivity index (χ4v) is 2.38. The first-order chi connectivity index (χ1) is 9.79. The molecule has 0 bridgehead atoms. The Kier molecular flexibility index (Phi) is 6.68. The van der Waals surface area contributed by atoms with Gasteiger partial charge in [0.25, 0.3) is 0 Å². The van der Waals surface area contributed by atoms with Crippen molar-refractivity contribution in [1.29, 1.82) is 0 Å². The third-order valence-electron chi connectivity index (χ3n) is 3.62. The van der Waals surface area contributed by atoms with E-state index in [1.807, 2.05) is 0 Å². The van der Waals surface area contributed by atoms with Crippen LogP contribution in [0.4, 0.5) is 13.2 Å². The second-order valence-corrected chi connectivity index (χ2v) is 5.55. The Labute approximate surface area is 125 Å². The molecule has 0 saturated carbocycles. The van der Waals surface area contributed by atoms with E-state index in [0.717, 1.165) is 19.0 Å². The second-order valence-electron chi connectivity index (χ2n) is 5.55. The van der Waals surface area contributed by atoms with Crippen LogP contribution >= 0.6 is 0 Å². The monoisotopic (exact) mass is 302 g/mol. The van der Waals surface area contributed by atoms with Crippen LogP contribution in [0, 0.1) is 0 Å². The number of benzene rings is 1. The first kappa shape index (κ1) is 18.0. The van der Waals surface area contributed by atoms with Crippen LogP contribution in [0.1, 0.15) is 44.4 Å². The summed E-state index contributed by atoms with van der Waals surface area (Å²) in [7, 11) is 1.79. The Balaban J connectivity index is 2.94. The van der Waals surface area contributed by atoms with Crippen LogP contribution < -0.4 is 5.32 Å². The van der Waals surface area contributed by atoms with Crippen molar-refractivity contribution in [3.63, 3.8) is 0 Å². The van der Waals surface area contributed by atoms with Crippen LogP contribution in [0.3, 0.4) is 0 Å². The molecule has 1 rings (SSSR count). The summed E-state index contributed by atoms with van der Waals surface area (Å²) in [6.45, 7) is 7.95. The van der Waals surface area contributed by atoms with Gasteiger partial charge < -0.3 is 5.32 Å². The van der Waals surface area contributed by atoms with Crippen LogP contribution in [0.5, 0.6) is 0 Å². The number of rotatable bonds is 7. The zero-order valence-electron chi connectivity index (χ0n) is 13.2. The first-order valence-electron chi connectivity index (χ1n) is 7.38. The molecule has 0 aliphatic rings. The Hall–Kier alpha value is -1.07. The molecule has 0 aliphatic carbocycles. The van der Waals surface area contributed by atoms with E-state index in [4.69, 9.17) is 0 Å². The lowest BCUT2D eigenvalue weighted by molar-refractivity contribution is -0.137. The highest BCUT2D eigenvalue weighted by atomic mass is 19.4. The summed E-state index contributed by atoms with van der Waals surface area (Å²) in [5.74, 6) is 0. The predicted molar refractivity (Wildman–Crippen MR) is 80.2 cm³/mol. The molecule has 0 aromatic heterocycles. The van der Waals surface area contributed by atoms with Crippen molar-refractivity contribution in [3.05, 3.63) is 35.4 Å². The summed E-state index contributed by atoms with van der Waals surface area (Å²) in [6.07, 6.45) is -3.27. The maximum Gasteiger partial charge on any atom is 0.416 e. The third-order valence-corrected chi connectivity index (χ3v) is 3.62. The molecule has 0 amide bonds. The largest absolute Gasteiger partial charge is 0.416 e. The van der Waals surface area contributed by atoms with Gasteiger partial charge in [0.2, 0.25) is 0 Å². The van der Waals surface area contributed by atoms with Gasteiger partial charge in [-0.1, -0.05) is 19.1 Å². The number of nitrogens with one attached hydrogen (secondary N) is 1. The molecular weight excluding hydrogens is 277 g/mol. The summed E-state index contributed by atoms with van der Waals surface area (Å²) in [5.41, 5.74) is 0.0842. The van der Waals surface area contributed by atoms with E-state index < -0.39 is 11.7 Å². The maximum atomic E-state index is 12.8. The van der Waals surface area contributed by atoms with Crippen molar-refractivity contribution in [2.75, 3.05) is 20.1 Å². The molecule has 1 aromatic rings. The van der Waals surface area contributed by atoms with Gasteiger partial charge in [0.15, 0.2) is 0 Å². The highest BCUT2D eigenvalue weighted by Crippen LogP contribution is 2.31. The van der Waals surface area contributed by atoms with Gasteiger partial charge in [0.1, 0.15) is 0 Å². The summed E-state index contributed by atoms with van der Waals surface area (Å²) in [6, 6.07) is 5.84. The van der Waals surface area contributed by atoms with Gasteiger partial charge in [-0.2, -0.15) is 13.2 Å². The van der Waals surface area contributed by atoms with E-state index in [9.17, 15) is 13.2 Å². The average molecular weight is 302 g/mol. The molecule has 1 aromatic carbocycles. The summed E-state index contributed by atoms with van der Waals surface area (Å²) in [4.78, 5) is 2.28. The molecule has 0 spiro atoms. The van der Waals surface area contributed by atoms with Crippen molar-refractivity contribution in [3.8, 4) is 0 Å². The number of halogens is 3. The Morgan fingerprint density at radius 1 is 1.24 bits per heavy atom. The number of hydrogen-bond acceptors (Lipinski definition) is 2. The Morgan fingerprint density at radius 3 is 2.38 bits per heavy atom. The van der Waals surface area contributed by atoms with Gasteiger partial charge >= 0.3 is 6.18 Å². The fraction of sp³-hybridized carbons (Fsp3) is 0.625. The average Bonchev–Trinajstić information content (AvgIpc) is 2.42. The minimum absolute atomic E-state index is 0.110.